The number of fused-ring (bicyclic) bond motifs is 3. The van der Waals surface area contributed by atoms with Gasteiger partial charge < -0.3 is 20.4 Å². The van der Waals surface area contributed by atoms with Crippen LogP contribution in [0.3, 0.4) is 0 Å². The minimum Gasteiger partial charge on any atom is -0.511 e. The number of allylic oxidation sites excluding steroid dienone is 3. The van der Waals surface area contributed by atoms with Gasteiger partial charge in [-0.05, 0) is 55.9 Å². The molecule has 0 amide bonds. The highest BCUT2D eigenvalue weighted by Gasteiger charge is 2.71. The molecule has 0 heterocycles. The Bertz CT molecular complexity index is 1380. The third-order valence-electron chi connectivity index (χ3n) is 8.42. The molecular weight excluding hydrogens is 476 g/mol. The van der Waals surface area contributed by atoms with E-state index < -0.39 is 56.8 Å². The van der Waals surface area contributed by atoms with E-state index in [0.29, 0.717) is 11.1 Å². The van der Waals surface area contributed by atoms with Gasteiger partial charge in [0.05, 0.1) is 5.56 Å². The summed E-state index contributed by atoms with van der Waals surface area (Å²) < 4.78 is 0. The quantitative estimate of drug-likeness (QED) is 0.353. The average molecular weight is 509 g/mol. The maximum Gasteiger partial charge on any atom is 0.209 e. The molecule has 4 atom stereocenters. The van der Waals surface area contributed by atoms with E-state index in [1.807, 2.05) is 0 Å². The first-order valence-corrected chi connectivity index (χ1v) is 12.3. The Morgan fingerprint density at radius 1 is 1.08 bits per heavy atom. The van der Waals surface area contributed by atoms with Gasteiger partial charge in [-0.2, -0.15) is 0 Å². The van der Waals surface area contributed by atoms with Crippen molar-refractivity contribution in [3.05, 3.63) is 57.6 Å². The van der Waals surface area contributed by atoms with Gasteiger partial charge in [0.25, 0.3) is 0 Å². The van der Waals surface area contributed by atoms with Gasteiger partial charge >= 0.3 is 0 Å². The van der Waals surface area contributed by atoms with Gasteiger partial charge in [-0.15, -0.1) is 0 Å². The Balaban J connectivity index is 2.06. The summed E-state index contributed by atoms with van der Waals surface area (Å²) in [5, 5.41) is 45.4. The van der Waals surface area contributed by atoms with Crippen molar-refractivity contribution in [3.63, 3.8) is 0 Å². The van der Waals surface area contributed by atoms with Gasteiger partial charge in [0.1, 0.15) is 22.8 Å². The second-order valence-corrected chi connectivity index (χ2v) is 11.4. The summed E-state index contributed by atoms with van der Waals surface area (Å²) in [6, 6.07) is 2.90. The van der Waals surface area contributed by atoms with E-state index in [1.54, 1.807) is 39.8 Å². The van der Waals surface area contributed by atoms with Gasteiger partial charge in [0.15, 0.2) is 23.0 Å². The highest BCUT2D eigenvalue weighted by molar-refractivity contribution is 6.25. The predicted molar refractivity (Wildman–Crippen MR) is 135 cm³/mol. The van der Waals surface area contributed by atoms with E-state index in [4.69, 9.17) is 0 Å². The molecule has 3 aliphatic rings. The zero-order valence-electron chi connectivity index (χ0n) is 21.8. The Morgan fingerprint density at radius 2 is 1.70 bits per heavy atom. The zero-order chi connectivity index (χ0) is 27.8. The van der Waals surface area contributed by atoms with Crippen molar-refractivity contribution < 1.29 is 39.6 Å². The summed E-state index contributed by atoms with van der Waals surface area (Å²) in [5.41, 5.74) is -5.08. The summed E-state index contributed by atoms with van der Waals surface area (Å²) in [7, 11) is 0. The maximum atomic E-state index is 13.9. The van der Waals surface area contributed by atoms with Crippen LogP contribution in [0.25, 0.3) is 6.08 Å². The van der Waals surface area contributed by atoms with E-state index in [9.17, 15) is 39.6 Å². The molecule has 0 bridgehead atoms. The number of phenols is 1. The molecule has 37 heavy (non-hydrogen) atoms. The molecule has 0 radical (unpaired) electrons. The summed E-state index contributed by atoms with van der Waals surface area (Å²) in [5.74, 6) is -5.69. The van der Waals surface area contributed by atoms with Crippen molar-refractivity contribution in [2.75, 3.05) is 0 Å². The van der Waals surface area contributed by atoms with Crippen LogP contribution in [0.4, 0.5) is 0 Å². The first-order valence-electron chi connectivity index (χ1n) is 12.3. The number of rotatable bonds is 4. The topological polar surface area (TPSA) is 149 Å². The summed E-state index contributed by atoms with van der Waals surface area (Å²) in [6.07, 6.45) is 3.07. The number of hydrogen-bond donors (Lipinski definition) is 4. The summed E-state index contributed by atoms with van der Waals surface area (Å²) in [6.45, 7) is 9.36. The van der Waals surface area contributed by atoms with Gasteiger partial charge in [-0.1, -0.05) is 39.8 Å². The molecule has 1 unspecified atom stereocenters. The largest absolute Gasteiger partial charge is 0.511 e. The molecular formula is C29H32O8. The first kappa shape index (κ1) is 26.5. The molecule has 0 spiro atoms. The number of benzene rings is 1. The fourth-order valence-electron chi connectivity index (χ4n) is 7.12. The van der Waals surface area contributed by atoms with Crippen LogP contribution in [0.5, 0.6) is 5.75 Å². The van der Waals surface area contributed by atoms with Gasteiger partial charge in [-0.25, -0.2) is 0 Å². The van der Waals surface area contributed by atoms with Crippen molar-refractivity contribution in [1.82, 2.24) is 0 Å². The Kier molecular flexibility index (Phi) is 5.91. The third kappa shape index (κ3) is 3.38. The van der Waals surface area contributed by atoms with Gasteiger partial charge in [-0.3, -0.25) is 19.2 Å². The van der Waals surface area contributed by atoms with Crippen LogP contribution in [0, 0.1) is 22.7 Å². The molecule has 4 rings (SSSR count). The van der Waals surface area contributed by atoms with E-state index in [1.165, 1.54) is 19.1 Å². The number of Topliss-reactive ketones (excluding diaryl/α,β-unsaturated/α-hetero) is 3. The van der Waals surface area contributed by atoms with Gasteiger partial charge in [0, 0.05) is 22.3 Å². The number of phenolic OH excluding ortho intramolecular Hbond substituents is 1. The molecule has 0 saturated carbocycles. The molecule has 0 fully saturated rings. The van der Waals surface area contributed by atoms with Crippen LogP contribution in [0.1, 0.15) is 69.4 Å². The average Bonchev–Trinajstić information content (AvgIpc) is 2.75. The van der Waals surface area contributed by atoms with E-state index in [0.717, 1.165) is 6.92 Å². The Hall–Kier alpha value is -3.52. The number of aromatic hydroxyl groups is 1. The maximum absolute atomic E-state index is 13.9. The minimum absolute atomic E-state index is 0.0103. The second-order valence-electron chi connectivity index (χ2n) is 11.4. The fourth-order valence-corrected chi connectivity index (χ4v) is 7.12. The van der Waals surface area contributed by atoms with Crippen LogP contribution in [-0.2, 0) is 20.8 Å². The van der Waals surface area contributed by atoms with Crippen LogP contribution in [-0.4, -0.2) is 49.2 Å². The lowest BCUT2D eigenvalue weighted by molar-refractivity contribution is -0.171. The molecule has 1 aromatic carbocycles. The normalized spacial score (nSPS) is 31.5. The smallest absolute Gasteiger partial charge is 0.209 e. The number of carbonyl (C=O) groups is 4. The number of hydrogen-bond acceptors (Lipinski definition) is 8. The monoisotopic (exact) mass is 508 g/mol. The number of ketones is 4. The number of aliphatic hydroxyl groups excluding tert-OH is 2. The molecule has 1 aromatic rings. The molecule has 0 saturated heterocycles. The highest BCUT2D eigenvalue weighted by atomic mass is 16.3. The highest BCUT2D eigenvalue weighted by Crippen LogP contribution is 2.65. The summed E-state index contributed by atoms with van der Waals surface area (Å²) >= 11 is 0. The minimum atomic E-state index is -2.64. The SMILES string of the molecule is CC(=O)C=Cc1ccc(O)c2c1C[C@]1(C)C[C@]3(C)C(C(C)C)C(O)=C(C(C)=O)C(=O)[C@]3(O)C(O)=C1C2=O. The van der Waals surface area contributed by atoms with Crippen molar-refractivity contribution >= 4 is 29.2 Å². The number of aliphatic hydroxyl groups is 3. The van der Waals surface area contributed by atoms with Crippen LogP contribution < -0.4 is 0 Å². The molecule has 8 nitrogen and oxygen atoms in total. The fraction of sp³-hybridized carbons (Fsp3) is 0.448. The van der Waals surface area contributed by atoms with Crippen LogP contribution >= 0.6 is 0 Å². The van der Waals surface area contributed by atoms with E-state index in [-0.39, 0.29) is 41.4 Å². The second kappa shape index (κ2) is 8.25. The molecule has 0 aromatic heterocycles. The predicted octanol–water partition coefficient (Wildman–Crippen LogP) is 3.95. The molecule has 196 valence electrons. The lowest BCUT2D eigenvalue weighted by Gasteiger charge is -2.59. The first-order chi connectivity index (χ1) is 17.0. The Labute approximate surface area is 215 Å². The van der Waals surface area contributed by atoms with Gasteiger partial charge in [0.2, 0.25) is 5.78 Å². The van der Waals surface area contributed by atoms with Crippen molar-refractivity contribution in [3.8, 4) is 5.75 Å². The summed E-state index contributed by atoms with van der Waals surface area (Å²) in [4.78, 5) is 51.5. The molecule has 4 N–H and O–H groups in total. The van der Waals surface area contributed by atoms with Crippen molar-refractivity contribution in [2.24, 2.45) is 22.7 Å². The molecule has 3 aliphatic carbocycles. The lowest BCUT2D eigenvalue weighted by Crippen LogP contribution is -2.67. The number of carbonyl (C=O) groups excluding carboxylic acids is 4. The van der Waals surface area contributed by atoms with Crippen LogP contribution in [0.2, 0.25) is 0 Å². The lowest BCUT2D eigenvalue weighted by atomic mass is 9.44. The molecule has 0 aliphatic heterocycles. The van der Waals surface area contributed by atoms with E-state index in [2.05, 4.69) is 0 Å². The van der Waals surface area contributed by atoms with E-state index >= 15 is 0 Å². The van der Waals surface area contributed by atoms with Crippen molar-refractivity contribution in [1.29, 1.82) is 0 Å². The zero-order valence-corrected chi connectivity index (χ0v) is 21.8. The standard InChI is InChI=1S/C29H32O8/c1-13(2)21-23(33)19(15(4)31)25(35)29(37)26(36)22-24(34)20-17(11-27(22,5)12-28(21,29)6)16(8-7-14(3)30)9-10-18(20)32/h7-10,13,21,32-33,36-37H,11-12H2,1-6H3/t21?,27-,28-,29+/m1/s1. The van der Waals surface area contributed by atoms with Crippen LogP contribution in [0.15, 0.2) is 40.9 Å². The third-order valence-corrected chi connectivity index (χ3v) is 8.42. The Morgan fingerprint density at radius 3 is 2.24 bits per heavy atom. The van der Waals surface area contributed by atoms with Crippen molar-refractivity contribution in [2.45, 2.75) is 60.0 Å². The molecule has 8 heteroatoms.